The van der Waals surface area contributed by atoms with E-state index in [2.05, 4.69) is 32.6 Å². The maximum atomic E-state index is 12.5. The highest BCUT2D eigenvalue weighted by atomic mass is 16.5. The van der Waals surface area contributed by atoms with Crippen LogP contribution in [0.3, 0.4) is 0 Å². The lowest BCUT2D eigenvalue weighted by atomic mass is 10.0. The van der Waals surface area contributed by atoms with E-state index in [0.717, 1.165) is 129 Å². The average molecular weight is 776 g/mol. The Hall–Kier alpha value is -1.66. The fourth-order valence-electron chi connectivity index (χ4n) is 7.29. The van der Waals surface area contributed by atoms with Crippen molar-refractivity contribution in [1.29, 1.82) is 0 Å². The van der Waals surface area contributed by atoms with Crippen LogP contribution in [-0.4, -0.2) is 61.4 Å². The van der Waals surface area contributed by atoms with Gasteiger partial charge in [0.25, 0.3) is 0 Å². The Morgan fingerprint density at radius 1 is 0.400 bits per heavy atom. The molecule has 0 amide bonds. The molecule has 0 aliphatic rings. The second kappa shape index (κ2) is 43.5. The molecule has 0 atom stereocenters. The van der Waals surface area contributed by atoms with Crippen LogP contribution < -0.4 is 0 Å². The van der Waals surface area contributed by atoms with Gasteiger partial charge >= 0.3 is 11.9 Å². The predicted octanol–water partition coefficient (Wildman–Crippen LogP) is 14.2. The molecular formula is C49H93NO5. The van der Waals surface area contributed by atoms with Crippen LogP contribution >= 0.6 is 0 Å². The van der Waals surface area contributed by atoms with E-state index in [-0.39, 0.29) is 18.5 Å². The molecule has 55 heavy (non-hydrogen) atoms. The second-order valence-electron chi connectivity index (χ2n) is 16.3. The van der Waals surface area contributed by atoms with Crippen molar-refractivity contribution in [3.63, 3.8) is 0 Å². The number of carbonyl (C=O) groups is 2. The molecule has 0 saturated carbocycles. The van der Waals surface area contributed by atoms with Gasteiger partial charge in [-0.05, 0) is 96.6 Å². The number of hydrogen-bond donors (Lipinski definition) is 1. The van der Waals surface area contributed by atoms with Crippen LogP contribution in [0.5, 0.6) is 0 Å². The fraction of sp³-hybridized carbons (Fsp3) is 0.878. The summed E-state index contributed by atoms with van der Waals surface area (Å²) in [7, 11) is 0. The quantitative estimate of drug-likeness (QED) is 0.0378. The summed E-state index contributed by atoms with van der Waals surface area (Å²) >= 11 is 0. The zero-order valence-corrected chi connectivity index (χ0v) is 37.3. The van der Waals surface area contributed by atoms with Crippen molar-refractivity contribution in [3.05, 3.63) is 23.3 Å². The minimum Gasteiger partial charge on any atom is -0.463 e. The van der Waals surface area contributed by atoms with Gasteiger partial charge in [-0.3, -0.25) is 0 Å². The monoisotopic (exact) mass is 776 g/mol. The summed E-state index contributed by atoms with van der Waals surface area (Å²) in [5, 5.41) is 9.41. The molecule has 0 heterocycles. The van der Waals surface area contributed by atoms with E-state index in [1.54, 1.807) is 12.2 Å². The van der Waals surface area contributed by atoms with Crippen LogP contribution in [-0.2, 0) is 19.1 Å². The number of aliphatic hydroxyl groups excluding tert-OH is 1. The summed E-state index contributed by atoms with van der Waals surface area (Å²) in [6, 6.07) is 0. The Morgan fingerprint density at radius 2 is 0.709 bits per heavy atom. The third-order valence-electron chi connectivity index (χ3n) is 10.9. The van der Waals surface area contributed by atoms with Crippen LogP contribution in [0.15, 0.2) is 23.3 Å². The van der Waals surface area contributed by atoms with Crippen molar-refractivity contribution < 1.29 is 24.2 Å². The van der Waals surface area contributed by atoms with Crippen LogP contribution in [0, 0.1) is 0 Å². The van der Waals surface area contributed by atoms with Crippen molar-refractivity contribution >= 4 is 11.9 Å². The summed E-state index contributed by atoms with van der Waals surface area (Å²) in [6.45, 7) is 13.2. The molecule has 0 aromatic heterocycles. The molecule has 0 aromatic carbocycles. The Labute approximate surface area is 342 Å². The van der Waals surface area contributed by atoms with Gasteiger partial charge in [-0.1, -0.05) is 167 Å². The van der Waals surface area contributed by atoms with Gasteiger partial charge < -0.3 is 19.5 Å². The third kappa shape index (κ3) is 39.0. The SMILES string of the molecule is CCCCCCCCCCC(=CC(=O)OCCCCCCN(CCCO)CCCCCCOC(=O)/C=C(\CCCC)CCCCCCCCCC)CCCC. The largest absolute Gasteiger partial charge is 0.463 e. The van der Waals surface area contributed by atoms with Gasteiger partial charge in [-0.25, -0.2) is 9.59 Å². The number of nitrogens with zero attached hydrogens (tertiary/aromatic N) is 1. The number of carbonyl (C=O) groups excluding carboxylic acids is 2. The minimum atomic E-state index is -0.156. The Kier molecular flexibility index (Phi) is 42.2. The lowest BCUT2D eigenvalue weighted by molar-refractivity contribution is -0.138. The smallest absolute Gasteiger partial charge is 0.330 e. The number of ether oxygens (including phenoxy) is 2. The minimum absolute atomic E-state index is 0.156. The lowest BCUT2D eigenvalue weighted by Gasteiger charge is -2.22. The van der Waals surface area contributed by atoms with Gasteiger partial charge in [0.1, 0.15) is 0 Å². The van der Waals surface area contributed by atoms with E-state index < -0.39 is 0 Å². The molecule has 324 valence electrons. The zero-order valence-electron chi connectivity index (χ0n) is 37.3. The number of aliphatic hydroxyl groups is 1. The van der Waals surface area contributed by atoms with Gasteiger partial charge in [0.2, 0.25) is 0 Å². The number of esters is 2. The summed E-state index contributed by atoms with van der Waals surface area (Å²) in [5.41, 5.74) is 2.54. The van der Waals surface area contributed by atoms with Gasteiger partial charge in [0.15, 0.2) is 0 Å². The molecule has 0 aliphatic heterocycles. The average Bonchev–Trinajstić information content (AvgIpc) is 3.18. The Morgan fingerprint density at radius 3 is 1.09 bits per heavy atom. The molecule has 0 bridgehead atoms. The Balaban J connectivity index is 4.21. The highest BCUT2D eigenvalue weighted by Crippen LogP contribution is 2.19. The molecule has 0 saturated heterocycles. The molecule has 0 radical (unpaired) electrons. The third-order valence-corrected chi connectivity index (χ3v) is 10.9. The Bertz CT molecular complexity index is 832. The molecule has 0 unspecified atom stereocenters. The summed E-state index contributed by atoms with van der Waals surface area (Å²) in [4.78, 5) is 27.6. The first-order valence-electron chi connectivity index (χ1n) is 24.1. The second-order valence-corrected chi connectivity index (χ2v) is 16.3. The number of allylic oxidation sites excluding steroid dienone is 2. The van der Waals surface area contributed by atoms with Gasteiger partial charge in [0.05, 0.1) is 13.2 Å². The van der Waals surface area contributed by atoms with Crippen molar-refractivity contribution in [2.24, 2.45) is 0 Å². The maximum absolute atomic E-state index is 12.5. The standard InChI is InChI=1S/C49H93NO5/c1-5-9-13-15-17-19-21-27-36-46(34-11-7-3)44-48(52)54-42-31-25-23-29-38-50(40-33-41-51)39-30-24-26-32-43-55-49(53)45-47(35-12-8-4)37-28-22-20-18-16-14-10-6-2/h44-45,51H,5-43H2,1-4H3/b46-44+,47-45?. The number of rotatable bonds is 43. The van der Waals surface area contributed by atoms with E-state index in [1.807, 2.05) is 0 Å². The summed E-state index contributed by atoms with van der Waals surface area (Å²) in [6.07, 6.45) is 42.5. The molecule has 6 nitrogen and oxygen atoms in total. The van der Waals surface area contributed by atoms with E-state index in [0.29, 0.717) is 13.2 Å². The van der Waals surface area contributed by atoms with Gasteiger partial charge in [-0.2, -0.15) is 0 Å². The summed E-state index contributed by atoms with van der Waals surface area (Å²) in [5.74, 6) is -0.312. The van der Waals surface area contributed by atoms with Crippen molar-refractivity contribution in [1.82, 2.24) is 4.90 Å². The van der Waals surface area contributed by atoms with Crippen LogP contribution in [0.2, 0.25) is 0 Å². The molecule has 0 aromatic rings. The van der Waals surface area contributed by atoms with Crippen molar-refractivity contribution in [3.8, 4) is 0 Å². The van der Waals surface area contributed by atoms with Gasteiger partial charge in [-0.15, -0.1) is 0 Å². The number of hydrogen-bond acceptors (Lipinski definition) is 6. The molecule has 6 heteroatoms. The molecule has 1 N–H and O–H groups in total. The van der Waals surface area contributed by atoms with Crippen LogP contribution in [0.1, 0.15) is 240 Å². The maximum Gasteiger partial charge on any atom is 0.330 e. The topological polar surface area (TPSA) is 76.1 Å². The van der Waals surface area contributed by atoms with E-state index >= 15 is 0 Å². The fourth-order valence-corrected chi connectivity index (χ4v) is 7.29. The van der Waals surface area contributed by atoms with Crippen molar-refractivity contribution in [2.75, 3.05) is 39.5 Å². The van der Waals surface area contributed by atoms with Crippen LogP contribution in [0.4, 0.5) is 0 Å². The molecule has 0 aliphatic carbocycles. The first kappa shape index (κ1) is 53.3. The predicted molar refractivity (Wildman–Crippen MR) is 237 cm³/mol. The molecule has 0 spiro atoms. The summed E-state index contributed by atoms with van der Waals surface area (Å²) < 4.78 is 11.2. The molecule has 0 fully saturated rings. The lowest BCUT2D eigenvalue weighted by Crippen LogP contribution is -2.28. The van der Waals surface area contributed by atoms with Gasteiger partial charge in [0, 0.05) is 25.3 Å². The zero-order chi connectivity index (χ0) is 40.3. The van der Waals surface area contributed by atoms with Crippen LogP contribution in [0.25, 0.3) is 0 Å². The van der Waals surface area contributed by atoms with Crippen molar-refractivity contribution in [2.45, 2.75) is 240 Å². The number of unbranched alkanes of at least 4 members (excludes halogenated alkanes) is 22. The van der Waals surface area contributed by atoms with E-state index in [1.165, 1.54) is 114 Å². The van der Waals surface area contributed by atoms with E-state index in [4.69, 9.17) is 9.47 Å². The normalized spacial score (nSPS) is 12.2. The molecule has 0 rings (SSSR count). The highest BCUT2D eigenvalue weighted by Gasteiger charge is 2.08. The van der Waals surface area contributed by atoms with E-state index in [9.17, 15) is 14.7 Å². The molecular weight excluding hydrogens is 683 g/mol. The highest BCUT2D eigenvalue weighted by molar-refractivity contribution is 5.83. The first-order chi connectivity index (χ1) is 27.0. The first-order valence-corrected chi connectivity index (χ1v) is 24.1.